The molecule has 3 aromatic rings. The average molecular weight is 459 g/mol. The van der Waals surface area contributed by atoms with E-state index in [-0.39, 0.29) is 10.5 Å². The summed E-state index contributed by atoms with van der Waals surface area (Å²) >= 11 is 5.85. The van der Waals surface area contributed by atoms with E-state index in [1.165, 1.54) is 31.3 Å². The lowest BCUT2D eigenvalue weighted by molar-refractivity contribution is -0.119. The van der Waals surface area contributed by atoms with E-state index in [0.717, 1.165) is 4.31 Å². The van der Waals surface area contributed by atoms with Gasteiger partial charge in [-0.1, -0.05) is 35.9 Å². The molecule has 0 spiro atoms. The first-order valence-corrected chi connectivity index (χ1v) is 11.0. The molecular weight excluding hydrogens is 440 g/mol. The molecule has 0 aromatic heterocycles. The smallest absolute Gasteiger partial charge is 0.338 e. The standard InChI is InChI=1S/C22H19ClN2O5S/c1-25(19-8-3-2-4-9-19)31(28,29)20-12-10-16(11-13-20)22(27)30-15-21(26)24-18-7-5-6-17(23)14-18/h2-14H,15H2,1H3,(H,24,26). The Morgan fingerprint density at radius 3 is 2.29 bits per heavy atom. The Morgan fingerprint density at radius 1 is 0.968 bits per heavy atom. The fourth-order valence-electron chi connectivity index (χ4n) is 2.68. The van der Waals surface area contributed by atoms with Gasteiger partial charge in [-0.2, -0.15) is 0 Å². The molecule has 0 aliphatic heterocycles. The number of ether oxygens (including phenoxy) is 1. The Morgan fingerprint density at radius 2 is 1.65 bits per heavy atom. The highest BCUT2D eigenvalue weighted by Gasteiger charge is 2.21. The zero-order chi connectivity index (χ0) is 22.4. The number of amides is 1. The minimum Gasteiger partial charge on any atom is -0.452 e. The molecule has 1 amide bonds. The van der Waals surface area contributed by atoms with Gasteiger partial charge in [0.2, 0.25) is 0 Å². The number of hydrogen-bond acceptors (Lipinski definition) is 5. The molecule has 160 valence electrons. The molecule has 0 heterocycles. The Labute approximate surface area is 185 Å². The third kappa shape index (κ3) is 5.62. The highest BCUT2D eigenvalue weighted by Crippen LogP contribution is 2.22. The number of rotatable bonds is 7. The summed E-state index contributed by atoms with van der Waals surface area (Å²) < 4.78 is 31.7. The van der Waals surface area contributed by atoms with Gasteiger partial charge in [0.05, 0.1) is 16.1 Å². The number of carbonyl (C=O) groups excluding carboxylic acids is 2. The first kappa shape index (κ1) is 22.3. The number of hydrogen-bond donors (Lipinski definition) is 1. The summed E-state index contributed by atoms with van der Waals surface area (Å²) in [5.74, 6) is -1.28. The highest BCUT2D eigenvalue weighted by atomic mass is 35.5. The fraction of sp³-hybridized carbons (Fsp3) is 0.0909. The summed E-state index contributed by atoms with van der Waals surface area (Å²) in [4.78, 5) is 24.1. The second-order valence-electron chi connectivity index (χ2n) is 6.47. The number of anilines is 2. The van der Waals surface area contributed by atoms with E-state index in [2.05, 4.69) is 5.32 Å². The van der Waals surface area contributed by atoms with Crippen LogP contribution in [-0.4, -0.2) is 33.9 Å². The van der Waals surface area contributed by atoms with Crippen LogP contribution in [0.1, 0.15) is 10.4 Å². The molecule has 0 saturated heterocycles. The number of benzene rings is 3. The molecule has 31 heavy (non-hydrogen) atoms. The predicted octanol–water partition coefficient (Wildman–Crippen LogP) is 3.96. The molecule has 0 saturated carbocycles. The van der Waals surface area contributed by atoms with Crippen molar-refractivity contribution in [1.29, 1.82) is 0 Å². The third-order valence-electron chi connectivity index (χ3n) is 4.31. The molecule has 9 heteroatoms. The maximum atomic E-state index is 12.8. The summed E-state index contributed by atoms with van der Waals surface area (Å²) in [6.45, 7) is -0.498. The monoisotopic (exact) mass is 458 g/mol. The Hall–Kier alpha value is -3.36. The van der Waals surface area contributed by atoms with Crippen LogP contribution in [-0.2, 0) is 19.6 Å². The average Bonchev–Trinajstić information content (AvgIpc) is 2.77. The van der Waals surface area contributed by atoms with E-state index in [9.17, 15) is 18.0 Å². The summed E-state index contributed by atoms with van der Waals surface area (Å²) in [5, 5.41) is 3.02. The zero-order valence-corrected chi connectivity index (χ0v) is 18.1. The van der Waals surface area contributed by atoms with Gasteiger partial charge in [-0.15, -0.1) is 0 Å². The Kier molecular flexibility index (Phi) is 6.94. The number of esters is 1. The van der Waals surface area contributed by atoms with E-state index in [1.54, 1.807) is 54.6 Å². The lowest BCUT2D eigenvalue weighted by atomic mass is 10.2. The van der Waals surface area contributed by atoms with Crippen LogP contribution in [0.4, 0.5) is 11.4 Å². The normalized spacial score (nSPS) is 10.9. The number of carbonyl (C=O) groups is 2. The van der Waals surface area contributed by atoms with E-state index < -0.39 is 28.5 Å². The van der Waals surface area contributed by atoms with Crippen LogP contribution >= 0.6 is 11.6 Å². The Balaban J connectivity index is 1.61. The minimum absolute atomic E-state index is 0.0223. The van der Waals surface area contributed by atoms with Crippen LogP contribution in [0.15, 0.2) is 83.8 Å². The quantitative estimate of drug-likeness (QED) is 0.541. The third-order valence-corrected chi connectivity index (χ3v) is 6.35. The van der Waals surface area contributed by atoms with Crippen molar-refractivity contribution in [2.24, 2.45) is 0 Å². The van der Waals surface area contributed by atoms with Gasteiger partial charge in [-0.25, -0.2) is 13.2 Å². The molecule has 0 atom stereocenters. The van der Waals surface area contributed by atoms with Crippen molar-refractivity contribution >= 4 is 44.9 Å². The second kappa shape index (κ2) is 9.63. The maximum Gasteiger partial charge on any atom is 0.338 e. The SMILES string of the molecule is CN(c1ccccc1)S(=O)(=O)c1ccc(C(=O)OCC(=O)Nc2cccc(Cl)c2)cc1. The summed E-state index contributed by atoms with van der Waals surface area (Å²) in [6.07, 6.45) is 0. The van der Waals surface area contributed by atoms with Crippen LogP contribution in [0.3, 0.4) is 0 Å². The highest BCUT2D eigenvalue weighted by molar-refractivity contribution is 7.92. The number of para-hydroxylation sites is 1. The number of halogens is 1. The molecule has 7 nitrogen and oxygen atoms in total. The molecular formula is C22H19ClN2O5S. The first-order valence-electron chi connectivity index (χ1n) is 9.14. The number of nitrogens with zero attached hydrogens (tertiary/aromatic N) is 1. The van der Waals surface area contributed by atoms with Gasteiger partial charge in [-0.3, -0.25) is 9.10 Å². The molecule has 1 N–H and O–H groups in total. The van der Waals surface area contributed by atoms with E-state index in [0.29, 0.717) is 16.4 Å². The predicted molar refractivity (Wildman–Crippen MR) is 119 cm³/mol. The lowest BCUT2D eigenvalue weighted by Crippen LogP contribution is -2.26. The van der Waals surface area contributed by atoms with Crippen molar-refractivity contribution in [1.82, 2.24) is 0 Å². The van der Waals surface area contributed by atoms with Crippen molar-refractivity contribution in [3.8, 4) is 0 Å². The molecule has 0 aliphatic rings. The largest absolute Gasteiger partial charge is 0.452 e. The van der Waals surface area contributed by atoms with Gasteiger partial charge in [0.15, 0.2) is 6.61 Å². The first-order chi connectivity index (χ1) is 14.8. The topological polar surface area (TPSA) is 92.8 Å². The molecule has 0 radical (unpaired) electrons. The van der Waals surface area contributed by atoms with Crippen LogP contribution in [0.2, 0.25) is 5.02 Å². The summed E-state index contributed by atoms with van der Waals surface area (Å²) in [7, 11) is -2.34. The van der Waals surface area contributed by atoms with E-state index in [4.69, 9.17) is 16.3 Å². The van der Waals surface area contributed by atoms with Crippen molar-refractivity contribution in [2.75, 3.05) is 23.3 Å². The molecule has 0 unspecified atom stereocenters. The number of sulfonamides is 1. The lowest BCUT2D eigenvalue weighted by Gasteiger charge is -2.19. The van der Waals surface area contributed by atoms with E-state index >= 15 is 0 Å². The molecule has 0 fully saturated rings. The van der Waals surface area contributed by atoms with Gasteiger partial charge in [0, 0.05) is 17.8 Å². The second-order valence-corrected chi connectivity index (χ2v) is 8.87. The molecule has 3 rings (SSSR count). The van der Waals surface area contributed by atoms with Crippen molar-refractivity contribution in [3.05, 3.63) is 89.4 Å². The molecule has 3 aromatic carbocycles. The summed E-state index contributed by atoms with van der Waals surface area (Å²) in [5.41, 5.74) is 1.11. The van der Waals surface area contributed by atoms with Gasteiger partial charge in [0.1, 0.15) is 0 Å². The van der Waals surface area contributed by atoms with Gasteiger partial charge in [-0.05, 0) is 54.6 Å². The minimum atomic E-state index is -3.79. The van der Waals surface area contributed by atoms with Crippen LogP contribution in [0.5, 0.6) is 0 Å². The zero-order valence-electron chi connectivity index (χ0n) is 16.5. The molecule has 0 bridgehead atoms. The summed E-state index contributed by atoms with van der Waals surface area (Å²) in [6, 6.07) is 20.5. The Bertz CT molecular complexity index is 1180. The van der Waals surface area contributed by atoms with Crippen molar-refractivity contribution in [3.63, 3.8) is 0 Å². The van der Waals surface area contributed by atoms with Crippen molar-refractivity contribution < 1.29 is 22.7 Å². The number of nitrogens with one attached hydrogen (secondary N) is 1. The van der Waals surface area contributed by atoms with Gasteiger partial charge < -0.3 is 10.1 Å². The van der Waals surface area contributed by atoms with Gasteiger partial charge in [0.25, 0.3) is 15.9 Å². The van der Waals surface area contributed by atoms with Crippen molar-refractivity contribution in [2.45, 2.75) is 4.90 Å². The van der Waals surface area contributed by atoms with Crippen LogP contribution in [0, 0.1) is 0 Å². The van der Waals surface area contributed by atoms with Crippen LogP contribution < -0.4 is 9.62 Å². The van der Waals surface area contributed by atoms with Crippen LogP contribution in [0.25, 0.3) is 0 Å². The van der Waals surface area contributed by atoms with Gasteiger partial charge >= 0.3 is 5.97 Å². The molecule has 0 aliphatic carbocycles. The van der Waals surface area contributed by atoms with E-state index in [1.807, 2.05) is 0 Å². The fourth-order valence-corrected chi connectivity index (χ4v) is 4.06. The maximum absolute atomic E-state index is 12.8.